The first-order valence-corrected chi connectivity index (χ1v) is 4.58. The van der Waals surface area contributed by atoms with Crippen LogP contribution in [0.15, 0.2) is 30.3 Å². The van der Waals surface area contributed by atoms with E-state index in [0.717, 1.165) is 12.0 Å². The van der Waals surface area contributed by atoms with Crippen LogP contribution in [-0.2, 0) is 9.59 Å². The second-order valence-corrected chi connectivity index (χ2v) is 3.00. The van der Waals surface area contributed by atoms with Gasteiger partial charge in [0.15, 0.2) is 0 Å². The molecule has 0 saturated carbocycles. The van der Waals surface area contributed by atoms with Crippen LogP contribution < -0.4 is 5.32 Å². The fourth-order valence-electron chi connectivity index (χ4n) is 1.31. The molecule has 0 spiro atoms. The first-order valence-electron chi connectivity index (χ1n) is 4.58. The molecule has 0 heterocycles. The molecule has 0 saturated heterocycles. The molecule has 0 aliphatic heterocycles. The van der Waals surface area contributed by atoms with E-state index in [9.17, 15) is 9.59 Å². The lowest BCUT2D eigenvalue weighted by atomic mass is 10.0. The molecule has 3 heteroatoms. The predicted molar refractivity (Wildman–Crippen MR) is 53.7 cm³/mol. The van der Waals surface area contributed by atoms with E-state index in [2.05, 4.69) is 5.32 Å². The van der Waals surface area contributed by atoms with E-state index >= 15 is 0 Å². The lowest BCUT2D eigenvalue weighted by Gasteiger charge is -2.15. The number of aldehydes is 1. The Morgan fingerprint density at radius 2 is 2.07 bits per heavy atom. The summed E-state index contributed by atoms with van der Waals surface area (Å²) in [5, 5.41) is 2.63. The molecule has 3 nitrogen and oxygen atoms in total. The van der Waals surface area contributed by atoms with E-state index in [1.807, 2.05) is 37.3 Å². The van der Waals surface area contributed by atoms with Crippen LogP contribution in [0.3, 0.4) is 0 Å². The minimum absolute atomic E-state index is 0.0751. The van der Waals surface area contributed by atoms with Crippen LogP contribution in [0.25, 0.3) is 0 Å². The summed E-state index contributed by atoms with van der Waals surface area (Å²) in [6.07, 6.45) is 1.06. The topological polar surface area (TPSA) is 46.2 Å². The molecule has 0 aliphatic carbocycles. The van der Waals surface area contributed by atoms with Gasteiger partial charge in [-0.3, -0.25) is 9.59 Å². The highest BCUT2D eigenvalue weighted by molar-refractivity contribution is 6.23. The summed E-state index contributed by atoms with van der Waals surface area (Å²) in [6, 6.07) is 9.51. The molecule has 0 bridgehead atoms. The van der Waals surface area contributed by atoms with Crippen molar-refractivity contribution in [3.8, 4) is 0 Å². The van der Waals surface area contributed by atoms with Crippen molar-refractivity contribution in [1.29, 1.82) is 0 Å². The van der Waals surface area contributed by atoms with Crippen LogP contribution >= 0.6 is 0 Å². The number of carbonyl (C=O) groups excluding carboxylic acids is 2. The molecule has 0 fully saturated rings. The van der Waals surface area contributed by atoms with Crippen molar-refractivity contribution < 1.29 is 9.59 Å². The summed E-state index contributed by atoms with van der Waals surface area (Å²) in [7, 11) is 0. The number of nitrogens with one attached hydrogen (secondary N) is 1. The maximum atomic E-state index is 10.9. The smallest absolute Gasteiger partial charge is 0.284 e. The third kappa shape index (κ3) is 2.69. The molecule has 0 aliphatic rings. The lowest BCUT2D eigenvalue weighted by molar-refractivity contribution is -0.131. The Kier molecular flexibility index (Phi) is 3.85. The van der Waals surface area contributed by atoms with Crippen LogP contribution in [0.2, 0.25) is 0 Å². The van der Waals surface area contributed by atoms with Gasteiger partial charge in [-0.05, 0) is 12.0 Å². The van der Waals surface area contributed by atoms with Crippen LogP contribution in [-0.4, -0.2) is 12.2 Å². The van der Waals surface area contributed by atoms with Gasteiger partial charge < -0.3 is 5.32 Å². The first-order chi connectivity index (χ1) is 6.77. The summed E-state index contributed by atoms with van der Waals surface area (Å²) in [6.45, 7) is 1.96. The zero-order valence-electron chi connectivity index (χ0n) is 8.07. The molecule has 0 aromatic heterocycles. The van der Waals surface area contributed by atoms with E-state index in [-0.39, 0.29) is 6.04 Å². The molecule has 1 atom stereocenters. The van der Waals surface area contributed by atoms with Crippen LogP contribution in [0.1, 0.15) is 24.9 Å². The van der Waals surface area contributed by atoms with Crippen molar-refractivity contribution in [2.24, 2.45) is 0 Å². The molecule has 1 aromatic rings. The fourth-order valence-corrected chi connectivity index (χ4v) is 1.31. The molecule has 1 aromatic carbocycles. The highest BCUT2D eigenvalue weighted by atomic mass is 16.2. The van der Waals surface area contributed by atoms with Gasteiger partial charge in [-0.15, -0.1) is 0 Å². The average Bonchev–Trinajstić information content (AvgIpc) is 2.26. The molecule has 14 heavy (non-hydrogen) atoms. The summed E-state index contributed by atoms with van der Waals surface area (Å²) in [5.41, 5.74) is 1.02. The molecule has 74 valence electrons. The maximum absolute atomic E-state index is 10.9. The van der Waals surface area contributed by atoms with E-state index in [0.29, 0.717) is 6.29 Å². The van der Waals surface area contributed by atoms with Crippen molar-refractivity contribution in [1.82, 2.24) is 5.32 Å². The van der Waals surface area contributed by atoms with Gasteiger partial charge in [0.05, 0.1) is 6.04 Å². The zero-order chi connectivity index (χ0) is 10.4. The highest BCUT2D eigenvalue weighted by Gasteiger charge is 2.10. The Hall–Kier alpha value is -1.64. The van der Waals surface area contributed by atoms with Gasteiger partial charge in [-0.2, -0.15) is 0 Å². The SMILES string of the molecule is CCC(NC(=O)C=O)c1ccccc1. The predicted octanol–water partition coefficient (Wildman–Crippen LogP) is 1.45. The molecule has 1 unspecified atom stereocenters. The van der Waals surface area contributed by atoms with Gasteiger partial charge in [0.25, 0.3) is 5.91 Å². The molecular formula is C11H13NO2. The van der Waals surface area contributed by atoms with Crippen molar-refractivity contribution in [2.45, 2.75) is 19.4 Å². The summed E-state index contributed by atoms with van der Waals surface area (Å²) >= 11 is 0. The van der Waals surface area contributed by atoms with Gasteiger partial charge in [-0.1, -0.05) is 37.3 Å². The van der Waals surface area contributed by atoms with Gasteiger partial charge in [0.2, 0.25) is 6.29 Å². The normalized spacial score (nSPS) is 11.8. The lowest BCUT2D eigenvalue weighted by Crippen LogP contribution is -2.28. The minimum atomic E-state index is -0.569. The van der Waals surface area contributed by atoms with Crippen molar-refractivity contribution in [2.75, 3.05) is 0 Å². The van der Waals surface area contributed by atoms with Crippen molar-refractivity contribution >= 4 is 12.2 Å². The van der Waals surface area contributed by atoms with Crippen molar-refractivity contribution in [3.05, 3.63) is 35.9 Å². The largest absolute Gasteiger partial charge is 0.343 e. The summed E-state index contributed by atoms with van der Waals surface area (Å²) < 4.78 is 0. The fraction of sp³-hybridized carbons (Fsp3) is 0.273. The minimum Gasteiger partial charge on any atom is -0.343 e. The van der Waals surface area contributed by atoms with E-state index in [1.54, 1.807) is 0 Å². The Morgan fingerprint density at radius 1 is 1.43 bits per heavy atom. The molecule has 1 rings (SSSR count). The van der Waals surface area contributed by atoms with Gasteiger partial charge in [0.1, 0.15) is 0 Å². The number of hydrogen-bond donors (Lipinski definition) is 1. The maximum Gasteiger partial charge on any atom is 0.284 e. The van der Waals surface area contributed by atoms with Crippen LogP contribution in [0.5, 0.6) is 0 Å². The van der Waals surface area contributed by atoms with Crippen LogP contribution in [0, 0.1) is 0 Å². The number of rotatable bonds is 4. The molecular weight excluding hydrogens is 178 g/mol. The standard InChI is InChI=1S/C11H13NO2/c1-2-10(12-11(14)8-13)9-6-4-3-5-7-9/h3-8,10H,2H2,1H3,(H,12,14). The third-order valence-electron chi connectivity index (χ3n) is 2.03. The number of carbonyl (C=O) groups is 2. The summed E-state index contributed by atoms with van der Waals surface area (Å²) in [5.74, 6) is -0.569. The third-order valence-corrected chi connectivity index (χ3v) is 2.03. The van der Waals surface area contributed by atoms with Gasteiger partial charge in [-0.25, -0.2) is 0 Å². The second-order valence-electron chi connectivity index (χ2n) is 3.00. The number of hydrogen-bond acceptors (Lipinski definition) is 2. The second kappa shape index (κ2) is 5.17. The molecule has 0 radical (unpaired) electrons. The Morgan fingerprint density at radius 3 is 2.57 bits per heavy atom. The highest BCUT2D eigenvalue weighted by Crippen LogP contribution is 2.15. The summed E-state index contributed by atoms with van der Waals surface area (Å²) in [4.78, 5) is 21.1. The Balaban J connectivity index is 2.72. The van der Waals surface area contributed by atoms with Crippen molar-refractivity contribution in [3.63, 3.8) is 0 Å². The van der Waals surface area contributed by atoms with E-state index in [4.69, 9.17) is 0 Å². The average molecular weight is 191 g/mol. The Bertz CT molecular complexity index is 308. The Labute approximate surface area is 83.1 Å². The van der Waals surface area contributed by atoms with Gasteiger partial charge in [0, 0.05) is 0 Å². The van der Waals surface area contributed by atoms with E-state index in [1.165, 1.54) is 0 Å². The van der Waals surface area contributed by atoms with E-state index < -0.39 is 5.91 Å². The monoisotopic (exact) mass is 191 g/mol. The number of amides is 1. The van der Waals surface area contributed by atoms with Gasteiger partial charge >= 0.3 is 0 Å². The zero-order valence-corrected chi connectivity index (χ0v) is 8.07. The molecule has 1 amide bonds. The quantitative estimate of drug-likeness (QED) is 0.578. The molecule has 1 N–H and O–H groups in total. The number of benzene rings is 1. The first kappa shape index (κ1) is 10.4. The van der Waals surface area contributed by atoms with Crippen LogP contribution in [0.4, 0.5) is 0 Å².